The zero-order valence-electron chi connectivity index (χ0n) is 16.3. The first-order valence-electron chi connectivity index (χ1n) is 9.77. The molecule has 1 saturated heterocycles. The number of carboxylic acid groups (broad SMARTS) is 1. The highest BCUT2D eigenvalue weighted by atomic mass is 16.5. The van der Waals surface area contributed by atoms with Crippen LogP contribution in [0.4, 0.5) is 0 Å². The van der Waals surface area contributed by atoms with Crippen molar-refractivity contribution in [3.8, 4) is 17.2 Å². The number of hydrogen-bond acceptors (Lipinski definition) is 5. The fraction of sp³-hybridized carbons (Fsp3) is 0.304. The van der Waals surface area contributed by atoms with Gasteiger partial charge in [0, 0.05) is 12.1 Å². The number of carboxylic acids is 1. The van der Waals surface area contributed by atoms with E-state index in [1.807, 2.05) is 61.5 Å². The van der Waals surface area contributed by atoms with Gasteiger partial charge in [0.25, 0.3) is 0 Å². The third-order valence-electron chi connectivity index (χ3n) is 5.37. The summed E-state index contributed by atoms with van der Waals surface area (Å²) in [5.74, 6) is 1.16. The first-order chi connectivity index (χ1) is 14.1. The number of aromatic nitrogens is 1. The number of aryl methyl sites for hydroxylation is 1. The van der Waals surface area contributed by atoms with Crippen LogP contribution in [0.3, 0.4) is 0 Å². The Bertz CT molecular complexity index is 966. The van der Waals surface area contributed by atoms with E-state index in [0.717, 1.165) is 41.3 Å². The molecule has 29 heavy (non-hydrogen) atoms. The Labute approximate surface area is 169 Å². The van der Waals surface area contributed by atoms with Gasteiger partial charge in [0.2, 0.25) is 5.89 Å². The molecule has 1 aromatic heterocycles. The van der Waals surface area contributed by atoms with Gasteiger partial charge >= 0.3 is 5.97 Å². The highest BCUT2D eigenvalue weighted by Gasteiger charge is 2.32. The second-order valence-electron chi connectivity index (χ2n) is 7.39. The van der Waals surface area contributed by atoms with Crippen LogP contribution in [0.25, 0.3) is 11.5 Å². The zero-order chi connectivity index (χ0) is 20.2. The molecule has 0 bridgehead atoms. The van der Waals surface area contributed by atoms with Gasteiger partial charge in [-0.05, 0) is 55.6 Å². The zero-order valence-corrected chi connectivity index (χ0v) is 16.3. The topological polar surface area (TPSA) is 84.6 Å². The Morgan fingerprint density at radius 1 is 1.17 bits per heavy atom. The van der Waals surface area contributed by atoms with Gasteiger partial charge in [-0.3, -0.25) is 4.79 Å². The number of oxazole rings is 1. The molecule has 1 aliphatic heterocycles. The van der Waals surface area contributed by atoms with Crippen LogP contribution in [0.1, 0.15) is 17.0 Å². The van der Waals surface area contributed by atoms with E-state index in [1.54, 1.807) is 0 Å². The third-order valence-corrected chi connectivity index (χ3v) is 5.37. The minimum absolute atomic E-state index is 0.119. The van der Waals surface area contributed by atoms with Crippen molar-refractivity contribution in [2.24, 2.45) is 11.8 Å². The Balaban J connectivity index is 1.36. The number of nitrogens with zero attached hydrogens (tertiary/aromatic N) is 1. The van der Waals surface area contributed by atoms with E-state index < -0.39 is 5.97 Å². The van der Waals surface area contributed by atoms with E-state index in [2.05, 4.69) is 10.3 Å². The standard InChI is InChI=1S/C23H24N2O4/c1-15-21(25-22(29-15)17-5-3-2-4-6-17)14-28-19-9-7-16(8-10-19)11-18-12-24-13-20(18)23(26)27/h2-10,18,20,24H,11-14H2,1H3,(H,26,27)/t18-,20+/m1/s1. The summed E-state index contributed by atoms with van der Waals surface area (Å²) in [5.41, 5.74) is 2.82. The summed E-state index contributed by atoms with van der Waals surface area (Å²) in [5, 5.41) is 12.5. The largest absolute Gasteiger partial charge is 0.487 e. The van der Waals surface area contributed by atoms with Gasteiger partial charge in [-0.1, -0.05) is 30.3 Å². The molecule has 2 heterocycles. The second-order valence-corrected chi connectivity index (χ2v) is 7.39. The lowest BCUT2D eigenvalue weighted by Gasteiger charge is -2.14. The summed E-state index contributed by atoms with van der Waals surface area (Å²) in [6.07, 6.45) is 0.743. The first kappa shape index (κ1) is 19.2. The van der Waals surface area contributed by atoms with E-state index in [0.29, 0.717) is 19.0 Å². The second kappa shape index (κ2) is 8.49. The molecule has 0 spiro atoms. The number of nitrogens with one attached hydrogen (secondary N) is 1. The molecule has 2 atom stereocenters. The summed E-state index contributed by atoms with van der Waals surface area (Å²) in [6, 6.07) is 17.6. The molecule has 6 heteroatoms. The molecule has 2 N–H and O–H groups in total. The van der Waals surface area contributed by atoms with Crippen molar-refractivity contribution >= 4 is 5.97 Å². The summed E-state index contributed by atoms with van der Waals surface area (Å²) >= 11 is 0. The average molecular weight is 392 g/mol. The van der Waals surface area contributed by atoms with E-state index >= 15 is 0 Å². The quantitative estimate of drug-likeness (QED) is 0.638. The lowest BCUT2D eigenvalue weighted by Crippen LogP contribution is -2.23. The van der Waals surface area contributed by atoms with Gasteiger partial charge in [-0.25, -0.2) is 4.98 Å². The maximum Gasteiger partial charge on any atom is 0.308 e. The Morgan fingerprint density at radius 2 is 1.93 bits per heavy atom. The molecule has 0 saturated carbocycles. The van der Waals surface area contributed by atoms with Crippen LogP contribution in [0.5, 0.6) is 5.75 Å². The van der Waals surface area contributed by atoms with Crippen molar-refractivity contribution < 1.29 is 19.1 Å². The Morgan fingerprint density at radius 3 is 2.66 bits per heavy atom. The number of carbonyl (C=O) groups is 1. The molecule has 4 rings (SSSR count). The fourth-order valence-electron chi connectivity index (χ4n) is 3.68. The van der Waals surface area contributed by atoms with Crippen molar-refractivity contribution in [1.82, 2.24) is 10.3 Å². The monoisotopic (exact) mass is 392 g/mol. The van der Waals surface area contributed by atoms with Gasteiger partial charge in [0.15, 0.2) is 0 Å². The van der Waals surface area contributed by atoms with Gasteiger partial charge in [-0.2, -0.15) is 0 Å². The van der Waals surface area contributed by atoms with Crippen LogP contribution in [0.15, 0.2) is 59.0 Å². The van der Waals surface area contributed by atoms with Crippen LogP contribution in [-0.4, -0.2) is 29.1 Å². The molecule has 1 fully saturated rings. The molecule has 150 valence electrons. The average Bonchev–Trinajstić information content (AvgIpc) is 3.35. The van der Waals surface area contributed by atoms with E-state index in [-0.39, 0.29) is 11.8 Å². The smallest absolute Gasteiger partial charge is 0.308 e. The molecule has 3 aromatic rings. The van der Waals surface area contributed by atoms with Crippen LogP contribution >= 0.6 is 0 Å². The minimum atomic E-state index is -0.724. The molecule has 0 unspecified atom stereocenters. The number of rotatable bonds is 7. The summed E-state index contributed by atoms with van der Waals surface area (Å²) in [6.45, 7) is 3.50. The predicted molar refractivity (Wildman–Crippen MR) is 109 cm³/mol. The van der Waals surface area contributed by atoms with Crippen LogP contribution < -0.4 is 10.1 Å². The normalized spacial score (nSPS) is 18.7. The van der Waals surface area contributed by atoms with Crippen molar-refractivity contribution in [1.29, 1.82) is 0 Å². The molecule has 0 aliphatic carbocycles. The van der Waals surface area contributed by atoms with Crippen LogP contribution in [0, 0.1) is 18.8 Å². The molecule has 0 radical (unpaired) electrons. The van der Waals surface area contributed by atoms with Crippen molar-refractivity contribution in [3.63, 3.8) is 0 Å². The van der Waals surface area contributed by atoms with Gasteiger partial charge < -0.3 is 19.6 Å². The van der Waals surface area contributed by atoms with E-state index in [4.69, 9.17) is 9.15 Å². The van der Waals surface area contributed by atoms with Crippen LogP contribution in [-0.2, 0) is 17.8 Å². The summed E-state index contributed by atoms with van der Waals surface area (Å²) in [4.78, 5) is 15.9. The first-order valence-corrected chi connectivity index (χ1v) is 9.77. The molecule has 2 aromatic carbocycles. The van der Waals surface area contributed by atoms with Crippen LogP contribution in [0.2, 0.25) is 0 Å². The van der Waals surface area contributed by atoms with Crippen molar-refractivity contribution in [2.45, 2.75) is 20.0 Å². The van der Waals surface area contributed by atoms with Gasteiger partial charge in [-0.15, -0.1) is 0 Å². The maximum absolute atomic E-state index is 11.3. The lowest BCUT2D eigenvalue weighted by molar-refractivity contribution is -0.142. The minimum Gasteiger partial charge on any atom is -0.487 e. The van der Waals surface area contributed by atoms with Gasteiger partial charge in [0.1, 0.15) is 23.8 Å². The fourth-order valence-corrected chi connectivity index (χ4v) is 3.68. The maximum atomic E-state index is 11.3. The Kier molecular flexibility index (Phi) is 5.62. The highest BCUT2D eigenvalue weighted by molar-refractivity contribution is 5.71. The third kappa shape index (κ3) is 4.49. The molecular weight excluding hydrogens is 368 g/mol. The summed E-state index contributed by atoms with van der Waals surface area (Å²) < 4.78 is 11.6. The highest BCUT2D eigenvalue weighted by Crippen LogP contribution is 2.25. The summed E-state index contributed by atoms with van der Waals surface area (Å²) in [7, 11) is 0. The van der Waals surface area contributed by atoms with Gasteiger partial charge in [0.05, 0.1) is 5.92 Å². The number of ether oxygens (including phenoxy) is 1. The molecule has 6 nitrogen and oxygen atoms in total. The lowest BCUT2D eigenvalue weighted by atomic mass is 9.90. The Hall–Kier alpha value is -3.12. The molecular formula is C23H24N2O4. The van der Waals surface area contributed by atoms with Crippen molar-refractivity contribution in [2.75, 3.05) is 13.1 Å². The molecule has 0 amide bonds. The van der Waals surface area contributed by atoms with E-state index in [9.17, 15) is 9.90 Å². The number of hydrogen-bond donors (Lipinski definition) is 2. The predicted octanol–water partition coefficient (Wildman–Crippen LogP) is 3.69. The van der Waals surface area contributed by atoms with Crippen molar-refractivity contribution in [3.05, 3.63) is 71.6 Å². The SMILES string of the molecule is Cc1oc(-c2ccccc2)nc1COc1ccc(C[C@@H]2CNC[C@@H]2C(=O)O)cc1. The molecule has 1 aliphatic rings. The number of benzene rings is 2. The van der Waals surface area contributed by atoms with E-state index in [1.165, 1.54) is 0 Å². The number of aliphatic carboxylic acids is 1.